The van der Waals surface area contributed by atoms with E-state index in [1.807, 2.05) is 0 Å². The van der Waals surface area contributed by atoms with Gasteiger partial charge in [0, 0.05) is 13.1 Å². The Labute approximate surface area is 131 Å². The number of hydrogen-bond acceptors (Lipinski definition) is 2. The van der Waals surface area contributed by atoms with Gasteiger partial charge in [-0.05, 0) is 12.8 Å². The Bertz CT molecular complexity index is 234. The van der Waals surface area contributed by atoms with Crippen molar-refractivity contribution in [1.82, 2.24) is 16.2 Å². The summed E-state index contributed by atoms with van der Waals surface area (Å²) in [6.07, 6.45) is 15.1. The fourth-order valence-corrected chi connectivity index (χ4v) is 2.61. The van der Waals surface area contributed by atoms with Gasteiger partial charge in [0.25, 0.3) is 0 Å². The molecule has 0 aliphatic heterocycles. The average Bonchev–Trinajstić information content (AvgIpc) is 2.47. The lowest BCUT2D eigenvalue weighted by Crippen LogP contribution is -2.46. The van der Waals surface area contributed by atoms with Crippen molar-refractivity contribution in [1.29, 1.82) is 0 Å². The molecule has 126 valence electrons. The van der Waals surface area contributed by atoms with Gasteiger partial charge < -0.3 is 5.32 Å². The minimum atomic E-state index is -0.107. The number of hydrazine groups is 1. The second kappa shape index (κ2) is 15.6. The second-order valence-corrected chi connectivity index (χ2v) is 5.95. The van der Waals surface area contributed by atoms with Crippen LogP contribution >= 0.6 is 0 Å². The van der Waals surface area contributed by atoms with Gasteiger partial charge in [-0.3, -0.25) is 5.43 Å². The maximum Gasteiger partial charge on any atom is 0.329 e. The van der Waals surface area contributed by atoms with E-state index < -0.39 is 0 Å². The lowest BCUT2D eigenvalue weighted by Gasteiger charge is -2.19. The number of carbonyl (C=O) groups is 1. The third kappa shape index (κ3) is 13.9. The Balaban J connectivity index is 3.85. The molecule has 0 bridgehead atoms. The maximum atomic E-state index is 11.6. The van der Waals surface area contributed by atoms with Crippen molar-refractivity contribution >= 4 is 6.03 Å². The van der Waals surface area contributed by atoms with Crippen LogP contribution in [0.5, 0.6) is 0 Å². The molecule has 0 spiro atoms. The third-order valence-corrected chi connectivity index (χ3v) is 3.89. The Morgan fingerprint density at radius 1 is 0.810 bits per heavy atom. The van der Waals surface area contributed by atoms with Gasteiger partial charge in [-0.25, -0.2) is 10.2 Å². The highest BCUT2D eigenvalue weighted by Crippen LogP contribution is 2.13. The molecule has 4 nitrogen and oxygen atoms in total. The standard InChI is InChI=1S/C17H37N3O/c1-4-6-8-10-11-13-15-16(14-12-9-7-5-2)19-17(21)20-18-3/h16,18H,4-15H2,1-3H3,(H2,19,20,21). The van der Waals surface area contributed by atoms with Crippen LogP contribution in [0.25, 0.3) is 0 Å². The van der Waals surface area contributed by atoms with Crippen LogP contribution < -0.4 is 16.2 Å². The summed E-state index contributed by atoms with van der Waals surface area (Å²) in [5.74, 6) is 0. The summed E-state index contributed by atoms with van der Waals surface area (Å²) in [7, 11) is 1.71. The van der Waals surface area contributed by atoms with Crippen LogP contribution in [0.2, 0.25) is 0 Å². The molecule has 0 saturated heterocycles. The highest BCUT2D eigenvalue weighted by Gasteiger charge is 2.11. The smallest absolute Gasteiger partial charge is 0.329 e. The van der Waals surface area contributed by atoms with E-state index >= 15 is 0 Å². The molecule has 0 rings (SSSR count). The zero-order valence-electron chi connectivity index (χ0n) is 14.5. The molecule has 0 aliphatic carbocycles. The second-order valence-electron chi connectivity index (χ2n) is 5.95. The molecule has 0 saturated carbocycles. The molecule has 1 unspecified atom stereocenters. The first-order valence-corrected chi connectivity index (χ1v) is 8.97. The number of carbonyl (C=O) groups excluding carboxylic acids is 1. The van der Waals surface area contributed by atoms with E-state index in [2.05, 4.69) is 30.0 Å². The summed E-state index contributed by atoms with van der Waals surface area (Å²) in [5.41, 5.74) is 5.27. The summed E-state index contributed by atoms with van der Waals surface area (Å²) in [6.45, 7) is 4.48. The fourth-order valence-electron chi connectivity index (χ4n) is 2.61. The van der Waals surface area contributed by atoms with Crippen LogP contribution in [0.1, 0.15) is 90.9 Å². The van der Waals surface area contributed by atoms with Gasteiger partial charge in [0.15, 0.2) is 0 Å². The Kier molecular flexibility index (Phi) is 15.0. The number of hydrogen-bond donors (Lipinski definition) is 3. The zero-order valence-corrected chi connectivity index (χ0v) is 14.5. The largest absolute Gasteiger partial charge is 0.334 e. The summed E-state index contributed by atoms with van der Waals surface area (Å²) in [6, 6.07) is 0.213. The maximum absolute atomic E-state index is 11.6. The SMILES string of the molecule is CCCCCCCCC(CCCCCC)NC(=O)NNC. The number of unbranched alkanes of at least 4 members (excludes halogenated alkanes) is 8. The number of nitrogens with one attached hydrogen (secondary N) is 3. The van der Waals surface area contributed by atoms with Crippen LogP contribution in [-0.4, -0.2) is 19.1 Å². The summed E-state index contributed by atoms with van der Waals surface area (Å²) >= 11 is 0. The van der Waals surface area contributed by atoms with Crippen molar-refractivity contribution < 1.29 is 4.79 Å². The molecule has 0 heterocycles. The quantitative estimate of drug-likeness (QED) is 0.326. The molecule has 21 heavy (non-hydrogen) atoms. The van der Waals surface area contributed by atoms with E-state index in [9.17, 15) is 4.79 Å². The Morgan fingerprint density at radius 3 is 1.81 bits per heavy atom. The molecular weight excluding hydrogens is 262 g/mol. The lowest BCUT2D eigenvalue weighted by atomic mass is 10.0. The van der Waals surface area contributed by atoms with E-state index in [1.54, 1.807) is 7.05 Å². The van der Waals surface area contributed by atoms with E-state index in [4.69, 9.17) is 0 Å². The zero-order chi connectivity index (χ0) is 15.8. The molecule has 4 heteroatoms. The molecule has 0 radical (unpaired) electrons. The molecule has 0 aromatic rings. The molecule has 0 aromatic heterocycles. The first-order chi connectivity index (χ1) is 10.2. The number of amides is 2. The van der Waals surface area contributed by atoms with Gasteiger partial charge in [-0.15, -0.1) is 0 Å². The van der Waals surface area contributed by atoms with Crippen LogP contribution in [-0.2, 0) is 0 Å². The van der Waals surface area contributed by atoms with Crippen LogP contribution in [0.4, 0.5) is 4.79 Å². The van der Waals surface area contributed by atoms with Crippen molar-refractivity contribution in [2.75, 3.05) is 7.05 Å². The molecular formula is C17H37N3O. The van der Waals surface area contributed by atoms with Crippen molar-refractivity contribution in [2.45, 2.75) is 96.9 Å². The average molecular weight is 300 g/mol. The highest BCUT2D eigenvalue weighted by molar-refractivity contribution is 5.73. The molecule has 0 fully saturated rings. The first kappa shape index (κ1) is 20.2. The summed E-state index contributed by atoms with van der Waals surface area (Å²) in [5, 5.41) is 3.08. The summed E-state index contributed by atoms with van der Waals surface area (Å²) in [4.78, 5) is 11.6. The predicted molar refractivity (Wildman–Crippen MR) is 91.3 cm³/mol. The van der Waals surface area contributed by atoms with Crippen molar-refractivity contribution in [3.63, 3.8) is 0 Å². The minimum absolute atomic E-state index is 0.107. The van der Waals surface area contributed by atoms with E-state index in [0.717, 1.165) is 12.8 Å². The van der Waals surface area contributed by atoms with Crippen LogP contribution in [0.15, 0.2) is 0 Å². The Morgan fingerprint density at radius 2 is 1.29 bits per heavy atom. The van der Waals surface area contributed by atoms with Gasteiger partial charge in [0.1, 0.15) is 0 Å². The molecule has 2 amide bonds. The van der Waals surface area contributed by atoms with Crippen molar-refractivity contribution in [2.24, 2.45) is 0 Å². The van der Waals surface area contributed by atoms with Gasteiger partial charge in [0.2, 0.25) is 0 Å². The number of urea groups is 1. The lowest BCUT2D eigenvalue weighted by molar-refractivity contribution is 0.231. The van der Waals surface area contributed by atoms with Gasteiger partial charge in [-0.2, -0.15) is 0 Å². The minimum Gasteiger partial charge on any atom is -0.334 e. The Hall–Kier alpha value is -0.770. The normalized spacial score (nSPS) is 12.1. The van der Waals surface area contributed by atoms with Gasteiger partial charge in [-0.1, -0.05) is 78.1 Å². The predicted octanol–water partition coefficient (Wildman–Crippen LogP) is 4.51. The van der Waals surface area contributed by atoms with E-state index in [-0.39, 0.29) is 6.03 Å². The topological polar surface area (TPSA) is 53.2 Å². The van der Waals surface area contributed by atoms with Gasteiger partial charge >= 0.3 is 6.03 Å². The van der Waals surface area contributed by atoms with Crippen LogP contribution in [0, 0.1) is 0 Å². The molecule has 0 aliphatic rings. The van der Waals surface area contributed by atoms with Crippen molar-refractivity contribution in [3.8, 4) is 0 Å². The molecule has 3 N–H and O–H groups in total. The number of rotatable bonds is 14. The first-order valence-electron chi connectivity index (χ1n) is 8.97. The monoisotopic (exact) mass is 299 g/mol. The fraction of sp³-hybridized carbons (Fsp3) is 0.941. The molecule has 1 atom stereocenters. The summed E-state index contributed by atoms with van der Waals surface area (Å²) < 4.78 is 0. The third-order valence-electron chi connectivity index (χ3n) is 3.89. The van der Waals surface area contributed by atoms with E-state index in [0.29, 0.717) is 6.04 Å². The molecule has 0 aromatic carbocycles. The van der Waals surface area contributed by atoms with Crippen LogP contribution in [0.3, 0.4) is 0 Å². The van der Waals surface area contributed by atoms with Crippen molar-refractivity contribution in [3.05, 3.63) is 0 Å². The van der Waals surface area contributed by atoms with E-state index in [1.165, 1.54) is 64.2 Å². The highest BCUT2D eigenvalue weighted by atomic mass is 16.2. The van der Waals surface area contributed by atoms with Gasteiger partial charge in [0.05, 0.1) is 0 Å².